The maximum absolute atomic E-state index is 9.69. The van der Waals surface area contributed by atoms with Crippen molar-refractivity contribution in [1.29, 1.82) is 0 Å². The third-order valence-electron chi connectivity index (χ3n) is 9.76. The predicted molar refractivity (Wildman–Crippen MR) is 225 cm³/mol. The molecule has 52 heavy (non-hydrogen) atoms. The molecule has 2 rings (SSSR count). The molecule has 296 valence electrons. The van der Waals surface area contributed by atoms with Crippen molar-refractivity contribution in [3.8, 4) is 0 Å². The summed E-state index contributed by atoms with van der Waals surface area (Å²) in [5, 5.41) is 0. The minimum absolute atomic E-state index is 0.686. The molecule has 0 aliphatic rings. The van der Waals surface area contributed by atoms with Gasteiger partial charge in [0, 0.05) is 0 Å². The van der Waals surface area contributed by atoms with Crippen LogP contribution in [0, 0.1) is 0 Å². The first-order valence-corrected chi connectivity index (χ1v) is 22.8. The summed E-state index contributed by atoms with van der Waals surface area (Å²) in [5.74, 6) is 3.06. The van der Waals surface area contributed by atoms with Crippen molar-refractivity contribution in [1.82, 2.24) is 7.07 Å². The Bertz CT molecular complexity index is 1250. The van der Waals surface area contributed by atoms with Crippen molar-refractivity contribution < 1.29 is 23.3 Å². The summed E-state index contributed by atoms with van der Waals surface area (Å²) >= 11 is 0.686. The number of benzene rings is 2. The van der Waals surface area contributed by atoms with Gasteiger partial charge in [0.05, 0.1) is 5.57 Å². The Morgan fingerprint density at radius 2 is 0.904 bits per heavy atom. The molecule has 0 heterocycles. The van der Waals surface area contributed by atoms with Crippen molar-refractivity contribution >= 4 is 11.4 Å². The van der Waals surface area contributed by atoms with Crippen LogP contribution in [0.15, 0.2) is 59.7 Å². The van der Waals surface area contributed by atoms with Crippen LogP contribution in [0.3, 0.4) is 0 Å². The van der Waals surface area contributed by atoms with Crippen LogP contribution < -0.4 is 0 Å². The molecular formula is C47H78N4Pd. The second-order valence-electron chi connectivity index (χ2n) is 14.0. The third kappa shape index (κ3) is 20.4. The van der Waals surface area contributed by atoms with E-state index in [2.05, 4.69) is 122 Å². The summed E-state index contributed by atoms with van der Waals surface area (Å²) in [4.78, 5) is 3.47. The van der Waals surface area contributed by atoms with Crippen LogP contribution in [0.5, 0.6) is 0 Å². The fourth-order valence-electron chi connectivity index (χ4n) is 6.50. The Kier molecular flexibility index (Phi) is 29.8. The van der Waals surface area contributed by atoms with E-state index < -0.39 is 0 Å². The molecule has 0 saturated carbocycles. The first-order valence-electron chi connectivity index (χ1n) is 21.4. The van der Waals surface area contributed by atoms with Gasteiger partial charge in [-0.15, -0.1) is 4.79 Å². The van der Waals surface area contributed by atoms with E-state index in [0.29, 0.717) is 18.5 Å². The second kappa shape index (κ2) is 32.4. The molecule has 0 bridgehead atoms. The van der Waals surface area contributed by atoms with Gasteiger partial charge in [0.15, 0.2) is 0 Å². The number of hydrogen-bond acceptors (Lipinski definition) is 2. The molecule has 0 aromatic heterocycles. The van der Waals surface area contributed by atoms with Crippen LogP contribution in [0.25, 0.3) is 11.1 Å². The van der Waals surface area contributed by atoms with Crippen molar-refractivity contribution in [2.45, 2.75) is 177 Å². The van der Waals surface area contributed by atoms with Crippen LogP contribution in [-0.4, -0.2) is 43.9 Å². The van der Waals surface area contributed by atoms with Crippen LogP contribution >= 0.6 is 0 Å². The molecule has 4 nitrogen and oxygen atoms in total. The fourth-order valence-corrected chi connectivity index (χ4v) is 8.00. The number of allylic oxidation sites excluding steroid dienone is 2. The zero-order chi connectivity index (χ0) is 38.2. The minimum atomic E-state index is 0.686. The summed E-state index contributed by atoms with van der Waals surface area (Å²) in [5.41, 5.74) is 18.7. The number of unbranched alkanes of at least 4 members (excludes halogenated alkanes) is 11. The molecule has 5 heteroatoms. The Labute approximate surface area is 331 Å². The van der Waals surface area contributed by atoms with Crippen LogP contribution in [0.4, 0.5) is 0 Å². The van der Waals surface area contributed by atoms with E-state index in [1.54, 1.807) is 0 Å². The molecule has 0 aliphatic carbocycles. The molecule has 0 amide bonds. The molecule has 2 aromatic rings. The van der Waals surface area contributed by atoms with E-state index in [0.717, 1.165) is 44.1 Å². The zero-order valence-corrected chi connectivity index (χ0v) is 36.5. The fraction of sp³-hybridized carbons (Fsp3) is 0.660. The van der Waals surface area contributed by atoms with E-state index in [9.17, 15) is 5.53 Å². The third-order valence-corrected chi connectivity index (χ3v) is 12.6. The SMILES string of the molecule is CCCCCCC(=C=[N+]=[N-])C(CCCCCC)=C(c1ccc(CCCCC)cc1)c1ccc(CCCCCC)cc1.CC[N](CC)[Pd][N](CC)CC. The van der Waals surface area contributed by atoms with Crippen molar-refractivity contribution in [2.24, 2.45) is 0 Å². The van der Waals surface area contributed by atoms with Gasteiger partial charge in [0.25, 0.3) is 0 Å². The monoisotopic (exact) mass is 805 g/mol. The molecule has 0 saturated heterocycles. The van der Waals surface area contributed by atoms with Gasteiger partial charge >= 0.3 is 85.3 Å². The number of aryl methyl sites for hydroxylation is 2. The van der Waals surface area contributed by atoms with E-state index in [1.165, 1.54) is 143 Å². The van der Waals surface area contributed by atoms with Crippen molar-refractivity contribution in [2.75, 3.05) is 26.2 Å². The molecule has 0 aliphatic heterocycles. The molecule has 0 unspecified atom stereocenters. The zero-order valence-electron chi connectivity index (χ0n) is 35.0. The molecule has 0 spiro atoms. The average molecular weight is 806 g/mol. The van der Waals surface area contributed by atoms with Crippen LogP contribution in [-0.2, 0) is 31.3 Å². The Morgan fingerprint density at radius 3 is 1.31 bits per heavy atom. The number of rotatable bonds is 28. The van der Waals surface area contributed by atoms with Gasteiger partial charge in [-0.2, -0.15) is 0 Å². The molecule has 0 fully saturated rings. The Hall–Kier alpha value is -2.08. The van der Waals surface area contributed by atoms with Crippen LogP contribution in [0.2, 0.25) is 0 Å². The average Bonchev–Trinajstić information content (AvgIpc) is 3.18. The van der Waals surface area contributed by atoms with Crippen LogP contribution in [0.1, 0.15) is 187 Å². The number of nitrogens with zero attached hydrogens (tertiary/aromatic N) is 4. The molecule has 2 aromatic carbocycles. The summed E-state index contributed by atoms with van der Waals surface area (Å²) in [7, 11) is 0. The first kappa shape index (κ1) is 47.9. The van der Waals surface area contributed by atoms with Crippen molar-refractivity contribution in [3.63, 3.8) is 0 Å². The van der Waals surface area contributed by atoms with Gasteiger partial charge in [-0.25, -0.2) is 0 Å². The van der Waals surface area contributed by atoms with Gasteiger partial charge in [-0.3, -0.25) is 0 Å². The van der Waals surface area contributed by atoms with E-state index in [-0.39, 0.29) is 0 Å². The van der Waals surface area contributed by atoms with Gasteiger partial charge in [-0.1, -0.05) is 147 Å². The summed E-state index contributed by atoms with van der Waals surface area (Å²) in [6, 6.07) is 18.6. The standard InChI is InChI=1S/C39H58N2.2C4H10N.Pd/c1-5-9-13-17-21-34-26-30-36(31-27-34)39(35-28-24-33(25-29-35)20-16-12-8-4)38(23-19-15-11-7-3)37(32-41-40)22-18-14-10-6-2;2*1-3-5-4-2;/h24-31H,5-23H2,1-4H3;2*3-4H2,1-2H3;/q;2*-1;+2. The van der Waals surface area contributed by atoms with Gasteiger partial charge < -0.3 is 5.53 Å². The first-order chi connectivity index (χ1) is 25.5. The molecule has 0 atom stereocenters. The van der Waals surface area contributed by atoms with Gasteiger partial charge in [-0.05, 0) is 84.8 Å². The van der Waals surface area contributed by atoms with E-state index in [1.807, 2.05) is 0 Å². The molecule has 0 N–H and O–H groups in total. The van der Waals surface area contributed by atoms with Crippen molar-refractivity contribution in [3.05, 3.63) is 87.5 Å². The predicted octanol–water partition coefficient (Wildman–Crippen LogP) is 13.7. The quantitative estimate of drug-likeness (QED) is 0.0215. The maximum atomic E-state index is 9.69. The molecule has 0 radical (unpaired) electrons. The number of hydrogen-bond donors (Lipinski definition) is 0. The topological polar surface area (TPSA) is 42.9 Å². The Morgan fingerprint density at radius 1 is 0.519 bits per heavy atom. The second-order valence-corrected chi connectivity index (χ2v) is 16.3. The Balaban J connectivity index is 0.00000106. The summed E-state index contributed by atoms with van der Waals surface area (Å²) in [6.07, 6.45) is 22.7. The van der Waals surface area contributed by atoms with E-state index >= 15 is 0 Å². The summed E-state index contributed by atoms with van der Waals surface area (Å²) < 4.78 is 4.97. The van der Waals surface area contributed by atoms with Gasteiger partial charge in [0.1, 0.15) is 0 Å². The van der Waals surface area contributed by atoms with E-state index in [4.69, 9.17) is 0 Å². The molecular weight excluding hydrogens is 727 g/mol. The summed E-state index contributed by atoms with van der Waals surface area (Å²) in [6.45, 7) is 22.7. The van der Waals surface area contributed by atoms with Gasteiger partial charge in [0.2, 0.25) is 0 Å². The normalized spacial score (nSPS) is 11.7.